The summed E-state index contributed by atoms with van der Waals surface area (Å²) in [6.45, 7) is 8.55. The number of hydrogen-bond acceptors (Lipinski definition) is 1. The van der Waals surface area contributed by atoms with Crippen molar-refractivity contribution in [1.82, 2.24) is 9.55 Å². The molecule has 0 spiro atoms. The van der Waals surface area contributed by atoms with Gasteiger partial charge in [-0.2, -0.15) is 0 Å². The van der Waals surface area contributed by atoms with Gasteiger partial charge in [0.15, 0.2) is 0 Å². The predicted octanol–water partition coefficient (Wildman–Crippen LogP) is 5.86. The van der Waals surface area contributed by atoms with Crippen molar-refractivity contribution >= 4 is 22.6 Å². The van der Waals surface area contributed by atoms with E-state index in [-0.39, 0.29) is 17.2 Å². The maximum atomic E-state index is 13.6. The van der Waals surface area contributed by atoms with Crippen molar-refractivity contribution in [2.24, 2.45) is 5.92 Å². The standard InChI is InChI=1S/C17H24ClFN2/c1-11(2)6-5-7-12(3)21-16-10-14(19)8-9-15(16)20-17(21)13(4)18/h8-13H,5-7H2,1-4H3. The molecule has 21 heavy (non-hydrogen) atoms. The van der Waals surface area contributed by atoms with Gasteiger partial charge in [0.1, 0.15) is 11.6 Å². The number of alkyl halides is 1. The fourth-order valence-electron chi connectivity index (χ4n) is 2.78. The van der Waals surface area contributed by atoms with Crippen molar-refractivity contribution in [2.75, 3.05) is 0 Å². The number of imidazole rings is 1. The molecular formula is C17H24ClFN2. The SMILES string of the molecule is CC(C)CCCC(C)n1c(C(C)Cl)nc2ccc(F)cc21. The summed E-state index contributed by atoms with van der Waals surface area (Å²) < 4.78 is 15.7. The molecule has 0 amide bonds. The second-order valence-electron chi connectivity index (χ2n) is 6.26. The Labute approximate surface area is 131 Å². The third-order valence-electron chi connectivity index (χ3n) is 3.88. The Balaban J connectivity index is 2.35. The van der Waals surface area contributed by atoms with Crippen LogP contribution in [0.1, 0.15) is 64.2 Å². The fourth-order valence-corrected chi connectivity index (χ4v) is 2.93. The van der Waals surface area contributed by atoms with Gasteiger partial charge in [-0.15, -0.1) is 11.6 Å². The molecule has 0 saturated carbocycles. The Morgan fingerprint density at radius 1 is 1.19 bits per heavy atom. The van der Waals surface area contributed by atoms with E-state index in [1.54, 1.807) is 12.1 Å². The largest absolute Gasteiger partial charge is 0.324 e. The highest BCUT2D eigenvalue weighted by molar-refractivity contribution is 6.20. The highest BCUT2D eigenvalue weighted by Gasteiger charge is 2.19. The molecule has 0 fully saturated rings. The Bertz CT molecular complexity index is 604. The zero-order valence-corrected chi connectivity index (χ0v) is 14.0. The lowest BCUT2D eigenvalue weighted by Gasteiger charge is -2.19. The van der Waals surface area contributed by atoms with Gasteiger partial charge in [0, 0.05) is 6.04 Å². The monoisotopic (exact) mass is 310 g/mol. The van der Waals surface area contributed by atoms with Gasteiger partial charge in [0.2, 0.25) is 0 Å². The minimum absolute atomic E-state index is 0.187. The van der Waals surface area contributed by atoms with Crippen molar-refractivity contribution in [1.29, 1.82) is 0 Å². The molecule has 0 saturated heterocycles. The van der Waals surface area contributed by atoms with Crippen LogP contribution in [0.3, 0.4) is 0 Å². The number of aromatic nitrogens is 2. The highest BCUT2D eigenvalue weighted by Crippen LogP contribution is 2.30. The third-order valence-corrected chi connectivity index (χ3v) is 4.07. The van der Waals surface area contributed by atoms with Gasteiger partial charge in [0.25, 0.3) is 0 Å². The summed E-state index contributed by atoms with van der Waals surface area (Å²) >= 11 is 6.27. The Kier molecular flexibility index (Phi) is 5.26. The average molecular weight is 311 g/mol. The first kappa shape index (κ1) is 16.3. The number of rotatable bonds is 6. The van der Waals surface area contributed by atoms with Crippen LogP contribution in [0.2, 0.25) is 0 Å². The summed E-state index contributed by atoms with van der Waals surface area (Å²) in [7, 11) is 0. The van der Waals surface area contributed by atoms with Crippen molar-refractivity contribution in [3.05, 3.63) is 29.8 Å². The lowest BCUT2D eigenvalue weighted by Crippen LogP contribution is -2.10. The fraction of sp³-hybridized carbons (Fsp3) is 0.588. The summed E-state index contributed by atoms with van der Waals surface area (Å²) in [6.07, 6.45) is 3.41. The van der Waals surface area contributed by atoms with E-state index in [1.165, 1.54) is 12.5 Å². The molecule has 1 aromatic carbocycles. The topological polar surface area (TPSA) is 17.8 Å². The highest BCUT2D eigenvalue weighted by atomic mass is 35.5. The first-order chi connectivity index (χ1) is 9.90. The van der Waals surface area contributed by atoms with Crippen LogP contribution in [0, 0.1) is 11.7 Å². The number of fused-ring (bicyclic) bond motifs is 1. The van der Waals surface area contributed by atoms with E-state index in [1.807, 2.05) is 6.92 Å². The normalized spacial score (nSPS) is 14.8. The van der Waals surface area contributed by atoms with Gasteiger partial charge < -0.3 is 4.57 Å². The average Bonchev–Trinajstić information content (AvgIpc) is 2.76. The molecule has 4 heteroatoms. The molecule has 1 heterocycles. The zero-order chi connectivity index (χ0) is 15.6. The van der Waals surface area contributed by atoms with Gasteiger partial charge in [-0.1, -0.05) is 26.7 Å². The number of halogens is 2. The van der Waals surface area contributed by atoms with Crippen LogP contribution in [0.5, 0.6) is 0 Å². The molecule has 1 aromatic heterocycles. The van der Waals surface area contributed by atoms with Crippen LogP contribution in [0.4, 0.5) is 4.39 Å². The van der Waals surface area contributed by atoms with Crippen LogP contribution in [0.25, 0.3) is 11.0 Å². The van der Waals surface area contributed by atoms with Crippen LogP contribution in [-0.4, -0.2) is 9.55 Å². The smallest absolute Gasteiger partial charge is 0.127 e. The van der Waals surface area contributed by atoms with Crippen molar-refractivity contribution < 1.29 is 4.39 Å². The first-order valence-corrected chi connectivity index (χ1v) is 8.15. The van der Waals surface area contributed by atoms with Crippen molar-refractivity contribution in [2.45, 2.75) is 58.4 Å². The van der Waals surface area contributed by atoms with Crippen molar-refractivity contribution in [3.8, 4) is 0 Å². The quantitative estimate of drug-likeness (QED) is 0.611. The van der Waals surface area contributed by atoms with Crippen LogP contribution in [-0.2, 0) is 0 Å². The molecule has 116 valence electrons. The number of benzene rings is 1. The summed E-state index contributed by atoms with van der Waals surface area (Å²) in [5, 5.41) is -0.187. The summed E-state index contributed by atoms with van der Waals surface area (Å²) in [6, 6.07) is 5.01. The van der Waals surface area contributed by atoms with E-state index >= 15 is 0 Å². The maximum absolute atomic E-state index is 13.6. The predicted molar refractivity (Wildman–Crippen MR) is 87.4 cm³/mol. The molecule has 0 aliphatic carbocycles. The van der Waals surface area contributed by atoms with E-state index in [2.05, 4.69) is 30.3 Å². The molecule has 0 aliphatic heterocycles. The first-order valence-electron chi connectivity index (χ1n) is 7.71. The molecule has 2 atom stereocenters. The maximum Gasteiger partial charge on any atom is 0.127 e. The molecule has 2 rings (SSSR count). The van der Waals surface area contributed by atoms with Crippen LogP contribution < -0.4 is 0 Å². The van der Waals surface area contributed by atoms with E-state index in [9.17, 15) is 4.39 Å². The van der Waals surface area contributed by atoms with Gasteiger partial charge in [-0.05, 0) is 44.4 Å². The van der Waals surface area contributed by atoms with E-state index in [0.717, 1.165) is 29.7 Å². The Hall–Kier alpha value is -1.09. The Morgan fingerprint density at radius 2 is 1.90 bits per heavy atom. The molecule has 0 bridgehead atoms. The van der Waals surface area contributed by atoms with Crippen LogP contribution in [0.15, 0.2) is 18.2 Å². The number of hydrogen-bond donors (Lipinski definition) is 0. The van der Waals surface area contributed by atoms with Gasteiger partial charge in [-0.3, -0.25) is 0 Å². The zero-order valence-electron chi connectivity index (χ0n) is 13.2. The van der Waals surface area contributed by atoms with Gasteiger partial charge in [-0.25, -0.2) is 9.37 Å². The van der Waals surface area contributed by atoms with E-state index in [4.69, 9.17) is 11.6 Å². The molecule has 0 radical (unpaired) electrons. The molecule has 0 aliphatic rings. The van der Waals surface area contributed by atoms with Crippen LogP contribution >= 0.6 is 11.6 Å². The lowest BCUT2D eigenvalue weighted by atomic mass is 10.0. The molecule has 2 nitrogen and oxygen atoms in total. The minimum atomic E-state index is -0.230. The van der Waals surface area contributed by atoms with E-state index < -0.39 is 0 Å². The molecule has 2 aromatic rings. The summed E-state index contributed by atoms with van der Waals surface area (Å²) in [4.78, 5) is 4.58. The number of nitrogens with zero attached hydrogens (tertiary/aromatic N) is 2. The Morgan fingerprint density at radius 3 is 2.52 bits per heavy atom. The molecule has 0 N–H and O–H groups in total. The summed E-state index contributed by atoms with van der Waals surface area (Å²) in [5.74, 6) is 1.31. The second kappa shape index (κ2) is 6.78. The third kappa shape index (κ3) is 3.76. The second-order valence-corrected chi connectivity index (χ2v) is 6.92. The van der Waals surface area contributed by atoms with Crippen molar-refractivity contribution in [3.63, 3.8) is 0 Å². The molecular weight excluding hydrogens is 287 g/mol. The summed E-state index contributed by atoms with van der Waals surface area (Å²) in [5.41, 5.74) is 1.66. The van der Waals surface area contributed by atoms with Gasteiger partial charge in [0.05, 0.1) is 16.4 Å². The minimum Gasteiger partial charge on any atom is -0.324 e. The lowest BCUT2D eigenvalue weighted by molar-refractivity contribution is 0.444. The van der Waals surface area contributed by atoms with Gasteiger partial charge >= 0.3 is 0 Å². The van der Waals surface area contributed by atoms with E-state index in [0.29, 0.717) is 5.92 Å². The molecule has 2 unspecified atom stereocenters.